The Morgan fingerprint density at radius 3 is 2.46 bits per heavy atom. The molecule has 1 N–H and O–H groups in total. The number of anilines is 1. The van der Waals surface area contributed by atoms with Crippen LogP contribution in [0.5, 0.6) is 0 Å². The normalized spacial score (nSPS) is 10.6. The van der Waals surface area contributed by atoms with Crippen molar-refractivity contribution >= 4 is 23.2 Å². The molecule has 1 aromatic carbocycles. The summed E-state index contributed by atoms with van der Waals surface area (Å²) < 4.78 is 0. The van der Waals surface area contributed by atoms with Crippen LogP contribution in [0, 0.1) is 13.8 Å². The van der Waals surface area contributed by atoms with Crippen molar-refractivity contribution in [3.05, 3.63) is 71.1 Å². The Morgan fingerprint density at radius 2 is 1.71 bits per heavy atom. The highest BCUT2D eigenvalue weighted by molar-refractivity contribution is 7.17. The number of pyridine rings is 1. The molecular weight excluding hydrogens is 372 g/mol. The largest absolute Gasteiger partial charge is 0.290 e. The molecule has 0 saturated heterocycles. The van der Waals surface area contributed by atoms with Crippen molar-refractivity contribution in [1.82, 2.24) is 24.9 Å². The van der Waals surface area contributed by atoms with Gasteiger partial charge in [-0.05, 0) is 26.0 Å². The fourth-order valence-electron chi connectivity index (χ4n) is 2.62. The van der Waals surface area contributed by atoms with E-state index in [1.807, 2.05) is 49.4 Å². The van der Waals surface area contributed by atoms with Crippen LogP contribution in [0.25, 0.3) is 22.1 Å². The molecular formula is C20H16N6OS. The summed E-state index contributed by atoms with van der Waals surface area (Å²) in [5.41, 5.74) is 2.25. The summed E-state index contributed by atoms with van der Waals surface area (Å²) in [4.78, 5) is 34.9. The number of hydrogen-bond donors (Lipinski definition) is 1. The Kier molecular flexibility index (Phi) is 4.86. The minimum absolute atomic E-state index is 0.187. The van der Waals surface area contributed by atoms with Gasteiger partial charge in [-0.2, -0.15) is 9.97 Å². The van der Waals surface area contributed by atoms with Crippen molar-refractivity contribution in [2.24, 2.45) is 0 Å². The number of hydrogen-bond acceptors (Lipinski definition) is 7. The maximum Gasteiger partial charge on any atom is 0.270 e. The van der Waals surface area contributed by atoms with E-state index in [9.17, 15) is 4.79 Å². The van der Waals surface area contributed by atoms with Crippen LogP contribution < -0.4 is 5.32 Å². The average molecular weight is 388 g/mol. The van der Waals surface area contributed by atoms with E-state index in [0.29, 0.717) is 27.9 Å². The van der Waals surface area contributed by atoms with Crippen LogP contribution in [-0.4, -0.2) is 30.8 Å². The number of aryl methyl sites for hydroxylation is 2. The summed E-state index contributed by atoms with van der Waals surface area (Å²) in [5, 5.41) is 3.55. The predicted octanol–water partition coefficient (Wildman–Crippen LogP) is 3.93. The summed E-state index contributed by atoms with van der Waals surface area (Å²) in [6, 6.07) is 15.2. The molecule has 4 rings (SSSR count). The second kappa shape index (κ2) is 7.61. The zero-order chi connectivity index (χ0) is 19.5. The molecule has 7 nitrogen and oxygen atoms in total. The quantitative estimate of drug-likeness (QED) is 0.569. The van der Waals surface area contributed by atoms with Gasteiger partial charge >= 0.3 is 0 Å². The van der Waals surface area contributed by atoms with Gasteiger partial charge in [0.2, 0.25) is 5.95 Å². The van der Waals surface area contributed by atoms with Gasteiger partial charge in [0.05, 0.1) is 5.69 Å². The molecule has 0 fully saturated rings. The van der Waals surface area contributed by atoms with Gasteiger partial charge in [-0.25, -0.2) is 9.97 Å². The molecule has 0 aliphatic heterocycles. The van der Waals surface area contributed by atoms with Crippen LogP contribution in [0.2, 0.25) is 0 Å². The lowest BCUT2D eigenvalue weighted by atomic mass is 10.2. The van der Waals surface area contributed by atoms with Crippen molar-refractivity contribution < 1.29 is 4.79 Å². The molecule has 0 aliphatic rings. The topological polar surface area (TPSA) is 93.6 Å². The fraction of sp³-hybridized carbons (Fsp3) is 0.100. The van der Waals surface area contributed by atoms with E-state index < -0.39 is 0 Å². The van der Waals surface area contributed by atoms with Crippen LogP contribution in [0.15, 0.2) is 54.7 Å². The molecule has 1 amide bonds. The predicted molar refractivity (Wildman–Crippen MR) is 108 cm³/mol. The Morgan fingerprint density at radius 1 is 0.929 bits per heavy atom. The molecule has 0 unspecified atom stereocenters. The molecule has 4 aromatic rings. The number of carbonyl (C=O) groups is 1. The number of aromatic nitrogens is 5. The molecule has 0 bridgehead atoms. The molecule has 0 aliphatic carbocycles. The smallest absolute Gasteiger partial charge is 0.270 e. The summed E-state index contributed by atoms with van der Waals surface area (Å²) in [6.45, 7) is 3.56. The van der Waals surface area contributed by atoms with E-state index in [1.165, 1.54) is 11.3 Å². The van der Waals surface area contributed by atoms with E-state index >= 15 is 0 Å². The van der Waals surface area contributed by atoms with Crippen LogP contribution in [0.1, 0.15) is 21.2 Å². The van der Waals surface area contributed by atoms with E-state index in [4.69, 9.17) is 0 Å². The fourth-order valence-corrected chi connectivity index (χ4v) is 3.58. The first-order valence-electron chi connectivity index (χ1n) is 8.58. The molecule has 138 valence electrons. The Labute approximate surface area is 165 Å². The number of nitrogens with one attached hydrogen (secondary N) is 1. The second-order valence-electron chi connectivity index (χ2n) is 6.00. The van der Waals surface area contributed by atoms with Crippen molar-refractivity contribution in [3.8, 4) is 22.1 Å². The van der Waals surface area contributed by atoms with E-state index in [2.05, 4.69) is 30.2 Å². The van der Waals surface area contributed by atoms with E-state index in [-0.39, 0.29) is 11.9 Å². The molecule has 0 radical (unpaired) electrons. The second-order valence-corrected chi connectivity index (χ2v) is 7.00. The lowest BCUT2D eigenvalue weighted by Crippen LogP contribution is -2.15. The minimum Gasteiger partial charge on any atom is -0.290 e. The zero-order valence-electron chi connectivity index (χ0n) is 15.2. The van der Waals surface area contributed by atoms with E-state index in [1.54, 1.807) is 19.2 Å². The van der Waals surface area contributed by atoms with Crippen LogP contribution in [0.3, 0.4) is 0 Å². The zero-order valence-corrected chi connectivity index (χ0v) is 16.1. The molecule has 3 aromatic heterocycles. The number of benzene rings is 1. The van der Waals surface area contributed by atoms with Gasteiger partial charge in [0.1, 0.15) is 21.4 Å². The van der Waals surface area contributed by atoms with Gasteiger partial charge in [-0.15, -0.1) is 11.3 Å². The summed E-state index contributed by atoms with van der Waals surface area (Å²) in [6.07, 6.45) is 1.67. The highest BCUT2D eigenvalue weighted by atomic mass is 32.1. The van der Waals surface area contributed by atoms with Crippen LogP contribution >= 0.6 is 11.3 Å². The third-order valence-corrected chi connectivity index (χ3v) is 5.10. The highest BCUT2D eigenvalue weighted by Gasteiger charge is 2.18. The molecule has 0 atom stereocenters. The van der Waals surface area contributed by atoms with E-state index in [0.717, 1.165) is 10.6 Å². The van der Waals surface area contributed by atoms with Crippen LogP contribution in [0.4, 0.5) is 5.95 Å². The Bertz CT molecular complexity index is 1130. The van der Waals surface area contributed by atoms with Gasteiger partial charge in [-0.1, -0.05) is 36.4 Å². The van der Waals surface area contributed by atoms with Gasteiger partial charge in [0.25, 0.3) is 5.91 Å². The van der Waals surface area contributed by atoms with Crippen molar-refractivity contribution in [2.45, 2.75) is 13.8 Å². The third-order valence-electron chi connectivity index (χ3n) is 3.89. The number of carbonyl (C=O) groups excluding carboxylic acids is 1. The Hall–Kier alpha value is -3.52. The number of nitrogens with zero attached hydrogens (tertiary/aromatic N) is 5. The molecule has 0 spiro atoms. The van der Waals surface area contributed by atoms with Crippen molar-refractivity contribution in [1.29, 1.82) is 0 Å². The molecule has 8 heteroatoms. The lowest BCUT2D eigenvalue weighted by molar-refractivity contribution is 0.102. The first-order chi connectivity index (χ1) is 13.6. The van der Waals surface area contributed by atoms with Crippen molar-refractivity contribution in [2.75, 3.05) is 5.32 Å². The third kappa shape index (κ3) is 3.77. The van der Waals surface area contributed by atoms with Gasteiger partial charge < -0.3 is 0 Å². The number of rotatable bonds is 4. The molecule has 28 heavy (non-hydrogen) atoms. The van der Waals surface area contributed by atoms with Crippen molar-refractivity contribution in [3.63, 3.8) is 0 Å². The SMILES string of the molecule is Cc1nc(NC(=O)c2sc(-c3ccccc3)nc2C)nc(-c2ccccn2)n1. The first-order valence-corrected chi connectivity index (χ1v) is 9.40. The maximum atomic E-state index is 12.8. The van der Waals surface area contributed by atoms with Crippen LogP contribution in [-0.2, 0) is 0 Å². The summed E-state index contributed by atoms with van der Waals surface area (Å²) in [7, 11) is 0. The van der Waals surface area contributed by atoms with Gasteiger partial charge in [0.15, 0.2) is 5.82 Å². The monoisotopic (exact) mass is 388 g/mol. The van der Waals surface area contributed by atoms with Gasteiger partial charge in [0, 0.05) is 11.8 Å². The number of thiazole rings is 1. The minimum atomic E-state index is -0.297. The molecule has 3 heterocycles. The number of amides is 1. The first kappa shape index (κ1) is 17.9. The Balaban J connectivity index is 1.61. The molecule has 0 saturated carbocycles. The lowest BCUT2D eigenvalue weighted by Gasteiger charge is -2.05. The average Bonchev–Trinajstić information content (AvgIpc) is 3.11. The van der Waals surface area contributed by atoms with Gasteiger partial charge in [-0.3, -0.25) is 15.1 Å². The maximum absolute atomic E-state index is 12.8. The summed E-state index contributed by atoms with van der Waals surface area (Å²) >= 11 is 1.34. The standard InChI is InChI=1S/C20H16N6OS/c1-12-16(28-19(22-12)14-8-4-3-5-9-14)18(27)26-20-24-13(2)23-17(25-20)15-10-6-7-11-21-15/h3-11H,1-2H3,(H,23,24,25,26,27). The highest BCUT2D eigenvalue weighted by Crippen LogP contribution is 2.28. The summed E-state index contributed by atoms with van der Waals surface area (Å²) in [5.74, 6) is 0.799.